The number of anilines is 1. The Morgan fingerprint density at radius 2 is 1.89 bits per heavy atom. The third kappa shape index (κ3) is 3.65. The van der Waals surface area contributed by atoms with E-state index in [9.17, 15) is 0 Å². The van der Waals surface area contributed by atoms with Crippen molar-refractivity contribution in [3.63, 3.8) is 0 Å². The van der Waals surface area contributed by atoms with E-state index >= 15 is 0 Å². The lowest BCUT2D eigenvalue weighted by atomic mass is 10.1. The van der Waals surface area contributed by atoms with E-state index < -0.39 is 0 Å². The first-order valence-corrected chi connectivity index (χ1v) is 6.89. The number of piperazine rings is 1. The van der Waals surface area contributed by atoms with Crippen LogP contribution in [0.1, 0.15) is 26.0 Å². The predicted octanol–water partition coefficient (Wildman–Crippen LogP) is 1.52. The molecule has 0 amide bonds. The first-order valence-electron chi connectivity index (χ1n) is 6.89. The average Bonchev–Trinajstić information content (AvgIpc) is 2.45. The third-order valence-electron chi connectivity index (χ3n) is 3.48. The van der Waals surface area contributed by atoms with Crippen LogP contribution >= 0.6 is 0 Å². The highest BCUT2D eigenvalue weighted by atomic mass is 15.3. The smallest absolute Gasteiger partial charge is 0.183 e. The second-order valence-corrected chi connectivity index (χ2v) is 5.35. The molecule has 0 aromatic carbocycles. The molecule has 0 spiro atoms. The van der Waals surface area contributed by atoms with Crippen LogP contribution in [0.3, 0.4) is 0 Å². The van der Waals surface area contributed by atoms with E-state index in [1.165, 1.54) is 6.42 Å². The van der Waals surface area contributed by atoms with Gasteiger partial charge < -0.3 is 4.90 Å². The Labute approximate surface area is 114 Å². The molecule has 1 aliphatic heterocycles. The highest BCUT2D eigenvalue weighted by Gasteiger charge is 2.20. The van der Waals surface area contributed by atoms with Gasteiger partial charge in [0.05, 0.1) is 0 Å². The molecule has 0 saturated carbocycles. The van der Waals surface area contributed by atoms with E-state index in [1.54, 1.807) is 12.4 Å². The SMILES string of the molecule is CC(C)CCN1CCN(c2nccnc2C#N)CC1. The molecule has 2 heterocycles. The monoisotopic (exact) mass is 259 g/mol. The Kier molecular flexibility index (Phi) is 4.69. The molecule has 0 N–H and O–H groups in total. The second-order valence-electron chi connectivity index (χ2n) is 5.35. The largest absolute Gasteiger partial charge is 0.352 e. The lowest BCUT2D eigenvalue weighted by molar-refractivity contribution is 0.243. The summed E-state index contributed by atoms with van der Waals surface area (Å²) in [4.78, 5) is 13.0. The van der Waals surface area contributed by atoms with Crippen LogP contribution in [0.25, 0.3) is 0 Å². The van der Waals surface area contributed by atoms with Gasteiger partial charge in [0.15, 0.2) is 11.5 Å². The van der Waals surface area contributed by atoms with Crippen molar-refractivity contribution < 1.29 is 0 Å². The van der Waals surface area contributed by atoms with Gasteiger partial charge in [0.25, 0.3) is 0 Å². The Balaban J connectivity index is 1.91. The molecule has 0 bridgehead atoms. The zero-order valence-electron chi connectivity index (χ0n) is 11.7. The molecule has 102 valence electrons. The summed E-state index contributed by atoms with van der Waals surface area (Å²) in [6.07, 6.45) is 4.47. The van der Waals surface area contributed by atoms with Gasteiger partial charge in [-0.05, 0) is 18.9 Å². The molecule has 1 aromatic heterocycles. The summed E-state index contributed by atoms with van der Waals surface area (Å²) in [7, 11) is 0. The first-order chi connectivity index (χ1) is 9.20. The molecule has 5 nitrogen and oxygen atoms in total. The minimum atomic E-state index is 0.429. The van der Waals surface area contributed by atoms with Gasteiger partial charge in [-0.15, -0.1) is 0 Å². The highest BCUT2D eigenvalue weighted by molar-refractivity contribution is 5.49. The van der Waals surface area contributed by atoms with Crippen LogP contribution < -0.4 is 4.90 Å². The maximum atomic E-state index is 9.06. The molecule has 1 saturated heterocycles. The zero-order valence-corrected chi connectivity index (χ0v) is 11.7. The van der Waals surface area contributed by atoms with E-state index in [4.69, 9.17) is 5.26 Å². The number of hydrogen-bond acceptors (Lipinski definition) is 5. The maximum absolute atomic E-state index is 9.06. The minimum absolute atomic E-state index is 0.429. The van der Waals surface area contributed by atoms with Crippen LogP contribution in [0.15, 0.2) is 12.4 Å². The van der Waals surface area contributed by atoms with Crippen molar-refractivity contribution >= 4 is 5.82 Å². The van der Waals surface area contributed by atoms with E-state index in [2.05, 4.69) is 39.7 Å². The van der Waals surface area contributed by atoms with Crippen LogP contribution in [-0.4, -0.2) is 47.6 Å². The summed E-state index contributed by atoms with van der Waals surface area (Å²) < 4.78 is 0. The van der Waals surface area contributed by atoms with Gasteiger partial charge in [-0.1, -0.05) is 13.8 Å². The molecule has 2 rings (SSSR count). The zero-order chi connectivity index (χ0) is 13.7. The molecular formula is C14H21N5. The quantitative estimate of drug-likeness (QED) is 0.820. The minimum Gasteiger partial charge on any atom is -0.352 e. The van der Waals surface area contributed by atoms with Crippen LogP contribution in [0.5, 0.6) is 0 Å². The van der Waals surface area contributed by atoms with Crippen molar-refractivity contribution in [3.8, 4) is 6.07 Å². The van der Waals surface area contributed by atoms with Crippen molar-refractivity contribution in [2.45, 2.75) is 20.3 Å². The first kappa shape index (κ1) is 13.8. The predicted molar refractivity (Wildman–Crippen MR) is 74.9 cm³/mol. The number of nitrogens with zero attached hydrogens (tertiary/aromatic N) is 5. The molecule has 5 heteroatoms. The maximum Gasteiger partial charge on any atom is 0.183 e. The molecule has 0 unspecified atom stereocenters. The van der Waals surface area contributed by atoms with Crippen LogP contribution in [0.2, 0.25) is 0 Å². The molecule has 1 aromatic rings. The summed E-state index contributed by atoms with van der Waals surface area (Å²) in [5.41, 5.74) is 0.429. The number of nitriles is 1. The van der Waals surface area contributed by atoms with Crippen molar-refractivity contribution in [1.82, 2.24) is 14.9 Å². The van der Waals surface area contributed by atoms with Crippen LogP contribution in [0, 0.1) is 17.2 Å². The van der Waals surface area contributed by atoms with Gasteiger partial charge in [-0.3, -0.25) is 4.90 Å². The molecular weight excluding hydrogens is 238 g/mol. The molecule has 0 aliphatic carbocycles. The lowest BCUT2D eigenvalue weighted by Crippen LogP contribution is -2.47. The fourth-order valence-corrected chi connectivity index (χ4v) is 2.27. The van der Waals surface area contributed by atoms with E-state index in [0.717, 1.165) is 44.5 Å². The Morgan fingerprint density at radius 1 is 1.21 bits per heavy atom. The van der Waals surface area contributed by atoms with Crippen LogP contribution in [-0.2, 0) is 0 Å². The molecule has 19 heavy (non-hydrogen) atoms. The number of hydrogen-bond donors (Lipinski definition) is 0. The topological polar surface area (TPSA) is 56.1 Å². The third-order valence-corrected chi connectivity index (χ3v) is 3.48. The van der Waals surface area contributed by atoms with Crippen molar-refractivity contribution in [3.05, 3.63) is 18.1 Å². The summed E-state index contributed by atoms with van der Waals surface area (Å²) in [6.45, 7) is 9.60. The van der Waals surface area contributed by atoms with E-state index in [-0.39, 0.29) is 0 Å². The van der Waals surface area contributed by atoms with Gasteiger partial charge in [0.1, 0.15) is 6.07 Å². The molecule has 0 radical (unpaired) electrons. The van der Waals surface area contributed by atoms with E-state index in [0.29, 0.717) is 5.69 Å². The number of rotatable bonds is 4. The fraction of sp³-hybridized carbons (Fsp3) is 0.643. The van der Waals surface area contributed by atoms with Crippen LogP contribution in [0.4, 0.5) is 5.82 Å². The van der Waals surface area contributed by atoms with Gasteiger partial charge in [-0.25, -0.2) is 9.97 Å². The van der Waals surface area contributed by atoms with Crippen molar-refractivity contribution in [2.24, 2.45) is 5.92 Å². The van der Waals surface area contributed by atoms with Gasteiger partial charge in [-0.2, -0.15) is 5.26 Å². The Morgan fingerprint density at radius 3 is 2.53 bits per heavy atom. The second kappa shape index (κ2) is 6.48. The normalized spacial score (nSPS) is 16.6. The van der Waals surface area contributed by atoms with E-state index in [1.807, 2.05) is 0 Å². The summed E-state index contributed by atoms with van der Waals surface area (Å²) in [5.74, 6) is 1.48. The van der Waals surface area contributed by atoms with Gasteiger partial charge >= 0.3 is 0 Å². The average molecular weight is 259 g/mol. The van der Waals surface area contributed by atoms with Gasteiger partial charge in [0, 0.05) is 38.6 Å². The molecule has 1 aliphatic rings. The molecule has 0 atom stereocenters. The van der Waals surface area contributed by atoms with Gasteiger partial charge in [0.2, 0.25) is 0 Å². The fourth-order valence-electron chi connectivity index (χ4n) is 2.27. The Hall–Kier alpha value is -1.67. The Bertz CT molecular complexity index is 443. The summed E-state index contributed by atoms with van der Waals surface area (Å²) in [5, 5.41) is 9.06. The van der Waals surface area contributed by atoms with Crippen molar-refractivity contribution in [1.29, 1.82) is 5.26 Å². The standard InChI is InChI=1S/C14H21N5/c1-12(2)3-6-18-7-9-19(10-8-18)14-13(11-15)16-4-5-17-14/h4-5,12H,3,6-10H2,1-2H3. The highest BCUT2D eigenvalue weighted by Crippen LogP contribution is 2.16. The molecule has 1 fully saturated rings. The lowest BCUT2D eigenvalue weighted by Gasteiger charge is -2.35. The summed E-state index contributed by atoms with van der Waals surface area (Å²) in [6, 6.07) is 2.12. The van der Waals surface area contributed by atoms with Crippen molar-refractivity contribution in [2.75, 3.05) is 37.6 Å². The number of aromatic nitrogens is 2. The summed E-state index contributed by atoms with van der Waals surface area (Å²) >= 11 is 0.